The van der Waals surface area contributed by atoms with Crippen LogP contribution in [-0.2, 0) is 4.79 Å². The molecule has 7 heteroatoms. The van der Waals surface area contributed by atoms with Gasteiger partial charge in [-0.15, -0.1) is 10.2 Å². The number of anilines is 1. The standard InChI is InChI=1S/C15H17ClN4OS/c16-11-5-1-4-10(7-11)14-19-20-15(22-14)18-13(21)8-9-3-2-6-12(9)17/h1,4-5,7,9,12H,2-3,6,8,17H2,(H,18,20,21)/t9-,12+/m0/s1. The average Bonchev–Trinajstić information content (AvgIpc) is 3.09. The zero-order valence-electron chi connectivity index (χ0n) is 12.0. The molecular formula is C15H17ClN4OS. The van der Waals surface area contributed by atoms with Gasteiger partial charge in [0.2, 0.25) is 11.0 Å². The number of rotatable bonds is 4. The van der Waals surface area contributed by atoms with Crippen molar-refractivity contribution in [2.24, 2.45) is 11.7 Å². The first-order valence-corrected chi connectivity index (χ1v) is 8.46. The van der Waals surface area contributed by atoms with Crippen LogP contribution in [0.4, 0.5) is 5.13 Å². The third-order valence-corrected chi connectivity index (χ3v) is 5.03. The molecule has 116 valence electrons. The van der Waals surface area contributed by atoms with E-state index in [0.717, 1.165) is 29.8 Å². The van der Waals surface area contributed by atoms with E-state index < -0.39 is 0 Å². The topological polar surface area (TPSA) is 80.9 Å². The van der Waals surface area contributed by atoms with Crippen molar-refractivity contribution in [1.29, 1.82) is 0 Å². The van der Waals surface area contributed by atoms with E-state index in [1.165, 1.54) is 11.3 Å². The molecule has 0 saturated heterocycles. The molecule has 1 fully saturated rings. The van der Waals surface area contributed by atoms with Gasteiger partial charge in [-0.05, 0) is 30.9 Å². The molecule has 0 bridgehead atoms. The molecule has 5 nitrogen and oxygen atoms in total. The van der Waals surface area contributed by atoms with Gasteiger partial charge in [-0.3, -0.25) is 4.79 Å². The molecule has 3 rings (SSSR count). The molecular weight excluding hydrogens is 320 g/mol. The van der Waals surface area contributed by atoms with Gasteiger partial charge in [0, 0.05) is 23.0 Å². The summed E-state index contributed by atoms with van der Waals surface area (Å²) in [6.45, 7) is 0. The molecule has 22 heavy (non-hydrogen) atoms. The Kier molecular flexibility index (Phi) is 4.71. The van der Waals surface area contributed by atoms with Crippen LogP contribution in [0.2, 0.25) is 5.02 Å². The molecule has 1 aliphatic carbocycles. The summed E-state index contributed by atoms with van der Waals surface area (Å²) in [6, 6.07) is 7.54. The van der Waals surface area contributed by atoms with E-state index in [-0.39, 0.29) is 17.9 Å². The zero-order chi connectivity index (χ0) is 15.5. The zero-order valence-corrected chi connectivity index (χ0v) is 13.5. The number of amides is 1. The lowest BCUT2D eigenvalue weighted by Crippen LogP contribution is -2.28. The molecule has 1 aromatic heterocycles. The van der Waals surface area contributed by atoms with Crippen molar-refractivity contribution in [2.75, 3.05) is 5.32 Å². The predicted molar refractivity (Wildman–Crippen MR) is 88.9 cm³/mol. The predicted octanol–water partition coefficient (Wildman–Crippen LogP) is 3.31. The Balaban J connectivity index is 1.63. The lowest BCUT2D eigenvalue weighted by atomic mass is 10.00. The van der Waals surface area contributed by atoms with Gasteiger partial charge in [0.1, 0.15) is 5.01 Å². The minimum Gasteiger partial charge on any atom is -0.327 e. The van der Waals surface area contributed by atoms with Crippen LogP contribution in [0.5, 0.6) is 0 Å². The normalized spacial score (nSPS) is 21.0. The van der Waals surface area contributed by atoms with E-state index in [4.69, 9.17) is 17.3 Å². The van der Waals surface area contributed by atoms with Crippen molar-refractivity contribution in [3.05, 3.63) is 29.3 Å². The Hall–Kier alpha value is -1.50. The van der Waals surface area contributed by atoms with Gasteiger partial charge >= 0.3 is 0 Å². The fraction of sp³-hybridized carbons (Fsp3) is 0.400. The molecule has 1 amide bonds. The second kappa shape index (κ2) is 6.73. The minimum absolute atomic E-state index is 0.0452. The molecule has 2 aromatic rings. The van der Waals surface area contributed by atoms with Gasteiger partial charge in [-0.1, -0.05) is 41.5 Å². The van der Waals surface area contributed by atoms with Gasteiger partial charge in [0.15, 0.2) is 0 Å². The smallest absolute Gasteiger partial charge is 0.226 e. The average molecular weight is 337 g/mol. The number of hydrogen-bond donors (Lipinski definition) is 2. The number of halogens is 1. The Morgan fingerprint density at radius 3 is 3.00 bits per heavy atom. The third kappa shape index (κ3) is 3.63. The van der Waals surface area contributed by atoms with E-state index in [9.17, 15) is 4.79 Å². The van der Waals surface area contributed by atoms with Crippen molar-refractivity contribution in [3.8, 4) is 10.6 Å². The highest BCUT2D eigenvalue weighted by Gasteiger charge is 2.26. The van der Waals surface area contributed by atoms with Gasteiger partial charge in [0.05, 0.1) is 0 Å². The molecule has 1 heterocycles. The monoisotopic (exact) mass is 336 g/mol. The van der Waals surface area contributed by atoms with Crippen LogP contribution >= 0.6 is 22.9 Å². The fourth-order valence-electron chi connectivity index (χ4n) is 2.74. The number of aromatic nitrogens is 2. The van der Waals surface area contributed by atoms with E-state index in [0.29, 0.717) is 16.6 Å². The maximum absolute atomic E-state index is 12.1. The first-order chi connectivity index (χ1) is 10.6. The summed E-state index contributed by atoms with van der Waals surface area (Å²) in [5.74, 6) is 0.233. The van der Waals surface area contributed by atoms with Crippen molar-refractivity contribution < 1.29 is 4.79 Å². The second-order valence-electron chi connectivity index (χ2n) is 5.53. The van der Waals surface area contributed by atoms with Crippen molar-refractivity contribution in [2.45, 2.75) is 31.7 Å². The highest BCUT2D eigenvalue weighted by atomic mass is 35.5. The van der Waals surface area contributed by atoms with Gasteiger partial charge in [-0.2, -0.15) is 0 Å². The van der Waals surface area contributed by atoms with Crippen LogP contribution in [0.15, 0.2) is 24.3 Å². The van der Waals surface area contributed by atoms with E-state index >= 15 is 0 Å². The third-order valence-electron chi connectivity index (χ3n) is 3.91. The SMILES string of the molecule is N[C@@H]1CCC[C@H]1CC(=O)Nc1nnc(-c2cccc(Cl)c2)s1. The molecule has 1 aromatic carbocycles. The Morgan fingerprint density at radius 2 is 2.27 bits per heavy atom. The van der Waals surface area contributed by atoms with Gasteiger partial charge < -0.3 is 11.1 Å². The number of nitrogens with one attached hydrogen (secondary N) is 1. The summed E-state index contributed by atoms with van der Waals surface area (Å²) >= 11 is 7.31. The van der Waals surface area contributed by atoms with Crippen LogP contribution in [0.25, 0.3) is 10.6 Å². The first kappa shape index (κ1) is 15.4. The molecule has 1 saturated carbocycles. The summed E-state index contributed by atoms with van der Waals surface area (Å²) < 4.78 is 0. The molecule has 0 spiro atoms. The number of hydrogen-bond acceptors (Lipinski definition) is 5. The number of carbonyl (C=O) groups is 1. The molecule has 1 aliphatic rings. The molecule has 3 N–H and O–H groups in total. The van der Waals surface area contributed by atoms with E-state index in [1.54, 1.807) is 6.07 Å². The van der Waals surface area contributed by atoms with Crippen molar-refractivity contribution in [1.82, 2.24) is 10.2 Å². The second-order valence-corrected chi connectivity index (χ2v) is 6.94. The number of nitrogens with zero attached hydrogens (tertiary/aromatic N) is 2. The Labute approximate surface area is 137 Å². The van der Waals surface area contributed by atoms with Crippen molar-refractivity contribution in [3.63, 3.8) is 0 Å². The van der Waals surface area contributed by atoms with Crippen LogP contribution < -0.4 is 11.1 Å². The highest BCUT2D eigenvalue weighted by molar-refractivity contribution is 7.18. The van der Waals surface area contributed by atoms with Gasteiger partial charge in [-0.25, -0.2) is 0 Å². The van der Waals surface area contributed by atoms with E-state index in [2.05, 4.69) is 15.5 Å². The first-order valence-electron chi connectivity index (χ1n) is 7.26. The molecule has 0 radical (unpaired) electrons. The number of nitrogens with two attached hydrogens (primary N) is 1. The van der Waals surface area contributed by atoms with Crippen LogP contribution in [0.3, 0.4) is 0 Å². The summed E-state index contributed by atoms with van der Waals surface area (Å²) in [7, 11) is 0. The highest BCUT2D eigenvalue weighted by Crippen LogP contribution is 2.30. The fourth-order valence-corrected chi connectivity index (χ4v) is 3.69. The van der Waals surface area contributed by atoms with Crippen LogP contribution in [0.1, 0.15) is 25.7 Å². The molecule has 2 atom stereocenters. The molecule has 0 aliphatic heterocycles. The largest absolute Gasteiger partial charge is 0.327 e. The van der Waals surface area contributed by atoms with E-state index in [1.807, 2.05) is 18.2 Å². The lowest BCUT2D eigenvalue weighted by molar-refractivity contribution is -0.117. The number of benzene rings is 1. The Bertz CT molecular complexity index is 675. The van der Waals surface area contributed by atoms with Crippen LogP contribution in [0, 0.1) is 5.92 Å². The summed E-state index contributed by atoms with van der Waals surface area (Å²) in [5.41, 5.74) is 6.89. The minimum atomic E-state index is -0.0452. The lowest BCUT2D eigenvalue weighted by Gasteiger charge is -2.13. The van der Waals surface area contributed by atoms with Gasteiger partial charge in [0.25, 0.3) is 0 Å². The van der Waals surface area contributed by atoms with Crippen LogP contribution in [-0.4, -0.2) is 22.1 Å². The van der Waals surface area contributed by atoms with Crippen molar-refractivity contribution >= 4 is 34.0 Å². The maximum atomic E-state index is 12.1. The summed E-state index contributed by atoms with van der Waals surface area (Å²) in [6.07, 6.45) is 3.60. The molecule has 0 unspecified atom stereocenters. The maximum Gasteiger partial charge on any atom is 0.226 e. The number of carbonyl (C=O) groups excluding carboxylic acids is 1. The Morgan fingerprint density at radius 1 is 1.41 bits per heavy atom. The summed E-state index contributed by atoms with van der Waals surface area (Å²) in [5, 5.41) is 12.8. The quantitative estimate of drug-likeness (QED) is 0.897. The summed E-state index contributed by atoms with van der Waals surface area (Å²) in [4.78, 5) is 12.1.